The molecule has 0 radical (unpaired) electrons. The number of nitrogens with zero attached hydrogens (tertiary/aromatic N) is 4. The number of carboxylic acid groups (broad SMARTS) is 1. The van der Waals surface area contributed by atoms with E-state index < -0.39 is 18.2 Å². The second-order valence-corrected chi connectivity index (χ2v) is 9.79. The molecule has 2 aromatic carbocycles. The Morgan fingerprint density at radius 2 is 1.28 bits per heavy atom. The Labute approximate surface area is 294 Å². The Hall–Kier alpha value is -3.26. The first-order valence-corrected chi connectivity index (χ1v) is 14.1. The minimum atomic E-state index is -1.03. The molecule has 5 rings (SSSR count). The van der Waals surface area contributed by atoms with E-state index in [1.807, 2.05) is 12.1 Å². The summed E-state index contributed by atoms with van der Waals surface area (Å²) in [6.45, 7) is 1.17. The van der Waals surface area contributed by atoms with Gasteiger partial charge in [0.2, 0.25) is 0 Å². The summed E-state index contributed by atoms with van der Waals surface area (Å²) in [5, 5.41) is 34.1. The van der Waals surface area contributed by atoms with E-state index >= 15 is 0 Å². The minimum absolute atomic E-state index is 0. The fraction of sp³-hybridized carbons (Fsp3) is 0.333. The second kappa shape index (κ2) is 23.1. The van der Waals surface area contributed by atoms with Gasteiger partial charge in [0.1, 0.15) is 11.1 Å². The number of carboxylic acids is 1. The average molecular weight is 691 g/mol. The van der Waals surface area contributed by atoms with Gasteiger partial charge in [-0.25, -0.2) is 19.0 Å². The van der Waals surface area contributed by atoms with Crippen LogP contribution in [0.15, 0.2) is 60.9 Å². The Bertz CT molecular complexity index is 1480. The summed E-state index contributed by atoms with van der Waals surface area (Å²) < 4.78 is 22.7. The Kier molecular flexibility index (Phi) is 21.5. The largest absolute Gasteiger partial charge is 1.00 e. The van der Waals surface area contributed by atoms with Crippen LogP contribution in [0.4, 0.5) is 0 Å². The van der Waals surface area contributed by atoms with Crippen molar-refractivity contribution >= 4 is 35.1 Å². The van der Waals surface area contributed by atoms with Gasteiger partial charge in [0, 0.05) is 44.4 Å². The molecule has 4 aromatic rings. The fourth-order valence-corrected chi connectivity index (χ4v) is 4.18. The fourth-order valence-electron chi connectivity index (χ4n) is 3.93. The topological polar surface area (TPSA) is 197 Å². The summed E-state index contributed by atoms with van der Waals surface area (Å²) in [5.41, 5.74) is 3.18. The zero-order valence-electron chi connectivity index (χ0n) is 26.7. The van der Waals surface area contributed by atoms with Crippen molar-refractivity contribution in [2.45, 2.75) is 32.3 Å². The second-order valence-electron chi connectivity index (χ2n) is 8.92. The van der Waals surface area contributed by atoms with Crippen LogP contribution in [-0.2, 0) is 32.2 Å². The number of rotatable bonds is 8. The zero-order valence-corrected chi connectivity index (χ0v) is 28.2. The van der Waals surface area contributed by atoms with E-state index in [-0.39, 0.29) is 43.1 Å². The van der Waals surface area contributed by atoms with Crippen LogP contribution in [0.3, 0.4) is 0 Å². The van der Waals surface area contributed by atoms with E-state index in [0.29, 0.717) is 27.0 Å². The third-order valence-electron chi connectivity index (χ3n) is 5.98. The van der Waals surface area contributed by atoms with Crippen LogP contribution in [0.5, 0.6) is 0 Å². The minimum Gasteiger partial charge on any atom is -0.870 e. The number of esters is 1. The molecule has 1 aliphatic rings. The molecule has 1 saturated heterocycles. The first kappa shape index (κ1) is 43.7. The molecule has 47 heavy (non-hydrogen) atoms. The normalized spacial score (nSPS) is 12.8. The number of aliphatic hydroxyl groups is 2. The Morgan fingerprint density at radius 3 is 1.60 bits per heavy atom. The van der Waals surface area contributed by atoms with Crippen molar-refractivity contribution in [3.05, 3.63) is 93.5 Å². The third-order valence-corrected chi connectivity index (χ3v) is 6.49. The number of aromatic carboxylic acids is 1. The average Bonchev–Trinajstić information content (AvgIpc) is 3.80. The summed E-state index contributed by atoms with van der Waals surface area (Å²) >= 11 is 11.7. The first-order chi connectivity index (χ1) is 21.7. The van der Waals surface area contributed by atoms with E-state index in [1.165, 1.54) is 31.3 Å². The quantitative estimate of drug-likeness (QED) is 0.178. The van der Waals surface area contributed by atoms with Crippen LogP contribution in [0.25, 0.3) is 11.4 Å². The van der Waals surface area contributed by atoms with Gasteiger partial charge < -0.3 is 39.7 Å². The smallest absolute Gasteiger partial charge is 0.870 e. The molecule has 17 heteroatoms. The number of hydrogen-bond acceptors (Lipinski definition) is 11. The van der Waals surface area contributed by atoms with E-state index in [1.54, 1.807) is 48.2 Å². The van der Waals surface area contributed by atoms with Crippen LogP contribution < -0.4 is 18.9 Å². The first-order valence-electron chi connectivity index (χ1n) is 13.4. The van der Waals surface area contributed by atoms with Crippen molar-refractivity contribution in [2.75, 3.05) is 35.0 Å². The molecule has 4 N–H and O–H groups in total. The van der Waals surface area contributed by atoms with Crippen molar-refractivity contribution in [2.24, 2.45) is 0 Å². The van der Waals surface area contributed by atoms with Gasteiger partial charge in [-0.05, 0) is 55.0 Å². The zero-order chi connectivity index (χ0) is 33.4. The molecule has 0 aliphatic carbocycles. The van der Waals surface area contributed by atoms with Gasteiger partial charge in [0.15, 0.2) is 6.29 Å². The molecule has 1 atom stereocenters. The number of hydrogen-bond donors (Lipinski definition) is 3. The number of halogens is 2. The van der Waals surface area contributed by atoms with Gasteiger partial charge in [-0.1, -0.05) is 23.2 Å². The molecule has 1 unspecified atom stereocenters. The predicted octanol–water partition coefficient (Wildman–Crippen LogP) is 1.38. The van der Waals surface area contributed by atoms with Gasteiger partial charge in [-0.2, -0.15) is 10.2 Å². The standard InChI is InChI=1S/C13H13ClN2O3.C12H11ClN2O3.C4H8O2.CH4O.Li.H2O/c1-18-8-12-11(13(17)19-2)7-15-16(12)10-5-3-9(14)4-6-10;1-18-7-11-10(12(16)17)6-14-15(11)9-4-2-8(13)3-5-9;5-4-2-1-3-6-4;1-2;;/h3-7H,8H2,1-2H3;2-6H,7H2,1H3,(H,16,17);4-5H,1-3H2;2H,1H3;;1H2/q;;;;+1;/p-1. The molecule has 0 amide bonds. The van der Waals surface area contributed by atoms with Crippen molar-refractivity contribution in [3.8, 4) is 11.4 Å². The van der Waals surface area contributed by atoms with E-state index in [0.717, 1.165) is 37.9 Å². The summed E-state index contributed by atoms with van der Waals surface area (Å²) in [4.78, 5) is 22.7. The maximum absolute atomic E-state index is 11.7. The Morgan fingerprint density at radius 1 is 0.851 bits per heavy atom. The number of methoxy groups -OCH3 is 3. The van der Waals surface area contributed by atoms with Crippen LogP contribution in [0.1, 0.15) is 44.9 Å². The molecule has 1 fully saturated rings. The van der Waals surface area contributed by atoms with Gasteiger partial charge in [-0.15, -0.1) is 0 Å². The molecule has 14 nitrogen and oxygen atoms in total. The molecule has 0 saturated carbocycles. The molecule has 2 aromatic heterocycles. The van der Waals surface area contributed by atoms with Crippen LogP contribution >= 0.6 is 23.2 Å². The SMILES string of the molecule is CO.COCc1c(C(=O)O)cnn1-c1ccc(Cl)cc1.COCc1c(C(=O)OC)cnn1-c1ccc(Cl)cc1.OC1CCCO1.[Li+].[OH-]. The van der Waals surface area contributed by atoms with Crippen molar-refractivity contribution < 1.29 is 68.2 Å². The summed E-state index contributed by atoms with van der Waals surface area (Å²) in [5.74, 6) is -1.46. The number of carbonyl (C=O) groups is 2. The molecule has 1 aliphatic heterocycles. The predicted molar refractivity (Wildman–Crippen MR) is 168 cm³/mol. The molecule has 252 valence electrons. The maximum atomic E-state index is 11.7. The molecule has 3 heterocycles. The summed E-state index contributed by atoms with van der Waals surface area (Å²) in [6, 6.07) is 14.1. The van der Waals surface area contributed by atoms with Crippen LogP contribution in [-0.4, -0.2) is 93.6 Å². The van der Waals surface area contributed by atoms with Crippen molar-refractivity contribution in [1.29, 1.82) is 0 Å². The monoisotopic (exact) mass is 690 g/mol. The van der Waals surface area contributed by atoms with Crippen LogP contribution in [0.2, 0.25) is 10.0 Å². The van der Waals surface area contributed by atoms with Crippen molar-refractivity contribution in [3.63, 3.8) is 0 Å². The van der Waals surface area contributed by atoms with Gasteiger partial charge in [0.25, 0.3) is 0 Å². The molecule has 0 spiro atoms. The third kappa shape index (κ3) is 13.0. The number of carbonyl (C=O) groups excluding carboxylic acids is 1. The Balaban J connectivity index is 0.000000707. The summed E-state index contributed by atoms with van der Waals surface area (Å²) in [7, 11) is 5.39. The number of aliphatic hydroxyl groups excluding tert-OH is 2. The number of aromatic nitrogens is 4. The van der Waals surface area contributed by atoms with Gasteiger partial charge >= 0.3 is 30.8 Å². The van der Waals surface area contributed by atoms with Gasteiger partial charge in [0.05, 0.1) is 55.5 Å². The molecular weight excluding hydrogens is 654 g/mol. The maximum Gasteiger partial charge on any atom is 1.00 e. The van der Waals surface area contributed by atoms with Gasteiger partial charge in [-0.3, -0.25) is 0 Å². The summed E-state index contributed by atoms with van der Waals surface area (Å²) in [6.07, 6.45) is 4.16. The van der Waals surface area contributed by atoms with Crippen molar-refractivity contribution in [1.82, 2.24) is 19.6 Å². The van der Waals surface area contributed by atoms with E-state index in [9.17, 15) is 9.59 Å². The number of benzene rings is 2. The molecule has 0 bridgehead atoms. The molecular formula is C30H37Cl2LiN4O10. The van der Waals surface area contributed by atoms with E-state index in [4.69, 9.17) is 57.5 Å². The number of ether oxygens (including phenoxy) is 4. The van der Waals surface area contributed by atoms with E-state index in [2.05, 4.69) is 10.2 Å². The van der Waals surface area contributed by atoms with Crippen LogP contribution in [0, 0.1) is 0 Å².